The first-order chi connectivity index (χ1) is 15.4. The number of carbonyl (C=O) groups is 1. The Labute approximate surface area is 189 Å². The molecule has 1 atom stereocenters. The summed E-state index contributed by atoms with van der Waals surface area (Å²) in [5.41, 5.74) is 0.601. The van der Waals surface area contributed by atoms with Crippen LogP contribution in [0.3, 0.4) is 0 Å². The third kappa shape index (κ3) is 4.78. The van der Waals surface area contributed by atoms with Gasteiger partial charge in [0.2, 0.25) is 11.9 Å². The molecule has 3 aromatic rings. The Morgan fingerprint density at radius 3 is 2.69 bits per heavy atom. The average Bonchev–Trinajstić information content (AvgIpc) is 3.41. The summed E-state index contributed by atoms with van der Waals surface area (Å²) in [6.07, 6.45) is 1.66. The number of thioether (sulfide) groups is 1. The van der Waals surface area contributed by atoms with E-state index in [2.05, 4.69) is 25.5 Å². The van der Waals surface area contributed by atoms with E-state index in [0.29, 0.717) is 48.9 Å². The highest BCUT2D eigenvalue weighted by atomic mass is 32.2. The number of nitrogens with zero attached hydrogens (tertiary/aromatic N) is 6. The minimum atomic E-state index is -0.473. The van der Waals surface area contributed by atoms with Crippen molar-refractivity contribution in [3.63, 3.8) is 0 Å². The van der Waals surface area contributed by atoms with Crippen LogP contribution >= 0.6 is 11.8 Å². The van der Waals surface area contributed by atoms with Gasteiger partial charge in [-0.1, -0.05) is 17.8 Å². The Bertz CT molecular complexity index is 1080. The van der Waals surface area contributed by atoms with E-state index >= 15 is 0 Å². The number of anilines is 2. The SMILES string of the molecule is CC(C)n1nccc1NC(=O)[C@@H](C)Sc1nnc(N2CCOCC2)n1-c1cccc(F)c1. The van der Waals surface area contributed by atoms with E-state index in [-0.39, 0.29) is 17.8 Å². The Morgan fingerprint density at radius 2 is 1.97 bits per heavy atom. The highest BCUT2D eigenvalue weighted by Crippen LogP contribution is 2.30. The molecule has 1 amide bonds. The van der Waals surface area contributed by atoms with Gasteiger partial charge < -0.3 is 15.0 Å². The molecule has 1 saturated heterocycles. The molecule has 4 rings (SSSR count). The van der Waals surface area contributed by atoms with Gasteiger partial charge in [-0.25, -0.2) is 9.07 Å². The molecule has 32 heavy (non-hydrogen) atoms. The summed E-state index contributed by atoms with van der Waals surface area (Å²) in [4.78, 5) is 14.9. The second kappa shape index (κ2) is 9.70. The van der Waals surface area contributed by atoms with Crippen molar-refractivity contribution < 1.29 is 13.9 Å². The number of amides is 1. The van der Waals surface area contributed by atoms with Crippen LogP contribution in [0.15, 0.2) is 41.7 Å². The van der Waals surface area contributed by atoms with Crippen molar-refractivity contribution >= 4 is 29.4 Å². The van der Waals surface area contributed by atoms with Crippen LogP contribution in [-0.2, 0) is 9.53 Å². The van der Waals surface area contributed by atoms with Crippen LogP contribution in [0.2, 0.25) is 0 Å². The zero-order valence-electron chi connectivity index (χ0n) is 18.2. The first-order valence-corrected chi connectivity index (χ1v) is 11.4. The Morgan fingerprint density at radius 1 is 1.19 bits per heavy atom. The molecular formula is C21H26FN7O2S. The van der Waals surface area contributed by atoms with Gasteiger partial charge in [0.1, 0.15) is 11.6 Å². The number of ether oxygens (including phenoxy) is 1. The van der Waals surface area contributed by atoms with Gasteiger partial charge >= 0.3 is 0 Å². The van der Waals surface area contributed by atoms with Crippen LogP contribution in [0.1, 0.15) is 26.8 Å². The third-order valence-corrected chi connectivity index (χ3v) is 6.08. The normalized spacial score (nSPS) is 15.2. The summed E-state index contributed by atoms with van der Waals surface area (Å²) in [7, 11) is 0. The second-order valence-electron chi connectivity index (χ2n) is 7.70. The zero-order valence-corrected chi connectivity index (χ0v) is 19.0. The minimum absolute atomic E-state index is 0.121. The van der Waals surface area contributed by atoms with Crippen LogP contribution in [0.5, 0.6) is 0 Å². The Kier molecular flexibility index (Phi) is 6.75. The minimum Gasteiger partial charge on any atom is -0.378 e. The number of carbonyl (C=O) groups excluding carboxylic acids is 1. The molecule has 1 aliphatic heterocycles. The molecule has 0 spiro atoms. The van der Waals surface area contributed by atoms with Gasteiger partial charge in [-0.05, 0) is 39.0 Å². The van der Waals surface area contributed by atoms with E-state index in [1.165, 1.54) is 23.9 Å². The topological polar surface area (TPSA) is 90.1 Å². The highest BCUT2D eigenvalue weighted by molar-refractivity contribution is 8.00. The van der Waals surface area contributed by atoms with Crippen LogP contribution < -0.4 is 10.2 Å². The molecule has 170 valence electrons. The van der Waals surface area contributed by atoms with Crippen LogP contribution in [0.25, 0.3) is 5.69 Å². The first-order valence-electron chi connectivity index (χ1n) is 10.5. The predicted octanol–water partition coefficient (Wildman–Crippen LogP) is 3.14. The van der Waals surface area contributed by atoms with E-state index < -0.39 is 5.25 Å². The lowest BCUT2D eigenvalue weighted by molar-refractivity contribution is -0.115. The number of rotatable bonds is 7. The van der Waals surface area contributed by atoms with Gasteiger partial charge in [-0.15, -0.1) is 10.2 Å². The molecule has 1 fully saturated rings. The second-order valence-corrected chi connectivity index (χ2v) is 9.01. The van der Waals surface area contributed by atoms with Crippen molar-refractivity contribution in [3.8, 4) is 5.69 Å². The van der Waals surface area contributed by atoms with Gasteiger partial charge in [0.05, 0.1) is 30.3 Å². The molecule has 1 aromatic carbocycles. The molecule has 0 saturated carbocycles. The van der Waals surface area contributed by atoms with Crippen molar-refractivity contribution in [1.29, 1.82) is 0 Å². The largest absolute Gasteiger partial charge is 0.378 e. The van der Waals surface area contributed by atoms with Crippen molar-refractivity contribution in [2.75, 3.05) is 36.5 Å². The molecular weight excluding hydrogens is 433 g/mol. The molecule has 1 N–H and O–H groups in total. The maximum absolute atomic E-state index is 14.0. The number of halogens is 1. The average molecular weight is 460 g/mol. The first kappa shape index (κ1) is 22.3. The fourth-order valence-electron chi connectivity index (χ4n) is 3.41. The highest BCUT2D eigenvalue weighted by Gasteiger charge is 2.25. The fraction of sp³-hybridized carbons (Fsp3) is 0.429. The summed E-state index contributed by atoms with van der Waals surface area (Å²) < 4.78 is 23.0. The molecule has 11 heteroatoms. The molecule has 3 heterocycles. The van der Waals surface area contributed by atoms with Crippen molar-refractivity contribution in [1.82, 2.24) is 24.5 Å². The summed E-state index contributed by atoms with van der Waals surface area (Å²) in [6, 6.07) is 8.15. The number of morpholine rings is 1. The van der Waals surface area contributed by atoms with Crippen LogP contribution in [-0.4, -0.2) is 62.0 Å². The summed E-state index contributed by atoms with van der Waals surface area (Å²) in [5, 5.41) is 15.9. The molecule has 2 aromatic heterocycles. The zero-order chi connectivity index (χ0) is 22.7. The lowest BCUT2D eigenvalue weighted by Gasteiger charge is -2.28. The van der Waals surface area contributed by atoms with E-state index in [1.807, 2.05) is 13.8 Å². The van der Waals surface area contributed by atoms with Gasteiger partial charge in [0, 0.05) is 25.2 Å². The van der Waals surface area contributed by atoms with Gasteiger partial charge in [-0.3, -0.25) is 9.36 Å². The lowest BCUT2D eigenvalue weighted by Crippen LogP contribution is -2.38. The quantitative estimate of drug-likeness (QED) is 0.543. The molecule has 1 aliphatic rings. The maximum atomic E-state index is 14.0. The summed E-state index contributed by atoms with van der Waals surface area (Å²) in [5.74, 6) is 0.705. The van der Waals surface area contributed by atoms with E-state index in [1.54, 1.807) is 40.6 Å². The Balaban J connectivity index is 1.59. The molecule has 0 unspecified atom stereocenters. The fourth-order valence-corrected chi connectivity index (χ4v) is 4.27. The van der Waals surface area contributed by atoms with E-state index in [0.717, 1.165) is 0 Å². The molecule has 9 nitrogen and oxygen atoms in total. The van der Waals surface area contributed by atoms with Gasteiger partial charge in [-0.2, -0.15) is 5.10 Å². The van der Waals surface area contributed by atoms with Gasteiger partial charge in [0.25, 0.3) is 0 Å². The number of hydrogen-bond acceptors (Lipinski definition) is 7. The summed E-state index contributed by atoms with van der Waals surface area (Å²) in [6.45, 7) is 8.28. The molecule has 0 radical (unpaired) electrons. The smallest absolute Gasteiger partial charge is 0.238 e. The van der Waals surface area contributed by atoms with Crippen molar-refractivity contribution in [2.24, 2.45) is 0 Å². The third-order valence-electron chi connectivity index (χ3n) is 5.04. The Hall–Kier alpha value is -2.92. The molecule has 0 aliphatic carbocycles. The number of aromatic nitrogens is 5. The number of nitrogens with one attached hydrogen (secondary N) is 1. The van der Waals surface area contributed by atoms with Crippen LogP contribution in [0.4, 0.5) is 16.2 Å². The maximum Gasteiger partial charge on any atom is 0.238 e. The molecule has 0 bridgehead atoms. The van der Waals surface area contributed by atoms with Crippen LogP contribution in [0, 0.1) is 5.82 Å². The van der Waals surface area contributed by atoms with Gasteiger partial charge in [0.15, 0.2) is 5.16 Å². The van der Waals surface area contributed by atoms with E-state index in [9.17, 15) is 9.18 Å². The number of benzene rings is 1. The monoisotopic (exact) mass is 459 g/mol. The number of hydrogen-bond donors (Lipinski definition) is 1. The van der Waals surface area contributed by atoms with E-state index in [4.69, 9.17) is 4.74 Å². The predicted molar refractivity (Wildman–Crippen MR) is 121 cm³/mol. The standard InChI is InChI=1S/C21H26FN7O2S/c1-14(2)29-18(7-8-23-29)24-19(30)15(3)32-21-26-25-20(27-9-11-31-12-10-27)28(21)17-6-4-5-16(22)13-17/h4-8,13-15H,9-12H2,1-3H3,(H,24,30)/t15-/m1/s1. The van der Waals surface area contributed by atoms with Crippen molar-refractivity contribution in [3.05, 3.63) is 42.3 Å². The lowest BCUT2D eigenvalue weighted by atomic mass is 10.3. The van der Waals surface area contributed by atoms with Crippen molar-refractivity contribution in [2.45, 2.75) is 37.2 Å². The summed E-state index contributed by atoms with van der Waals surface area (Å²) >= 11 is 1.27.